The van der Waals surface area contributed by atoms with Crippen LogP contribution in [0.3, 0.4) is 0 Å². The molecule has 154 valence electrons. The largest absolute Gasteiger partial charge is 0.335 e. The zero-order valence-electron chi connectivity index (χ0n) is 17.4. The number of ketones is 1. The van der Waals surface area contributed by atoms with Crippen molar-refractivity contribution in [3.63, 3.8) is 0 Å². The normalized spacial score (nSPS) is 18.9. The summed E-state index contributed by atoms with van der Waals surface area (Å²) in [5.74, 6) is -0.0127. The highest BCUT2D eigenvalue weighted by Crippen LogP contribution is 2.27. The smallest absolute Gasteiger partial charge is 0.256 e. The maximum Gasteiger partial charge on any atom is 0.256 e. The molecule has 0 spiro atoms. The Morgan fingerprint density at radius 2 is 1.77 bits per heavy atom. The van der Waals surface area contributed by atoms with Crippen LogP contribution in [0.5, 0.6) is 0 Å². The van der Waals surface area contributed by atoms with Gasteiger partial charge in [0, 0.05) is 24.9 Å². The van der Waals surface area contributed by atoms with Gasteiger partial charge in [0.15, 0.2) is 0 Å². The quantitative estimate of drug-likeness (QED) is 0.654. The van der Waals surface area contributed by atoms with Gasteiger partial charge < -0.3 is 4.90 Å². The van der Waals surface area contributed by atoms with Gasteiger partial charge in [0.1, 0.15) is 5.78 Å². The van der Waals surface area contributed by atoms with Gasteiger partial charge in [-0.3, -0.25) is 9.59 Å². The summed E-state index contributed by atoms with van der Waals surface area (Å²) in [6.07, 6.45) is 5.23. The zero-order valence-corrected chi connectivity index (χ0v) is 17.4. The molecule has 6 nitrogen and oxygen atoms in total. The van der Waals surface area contributed by atoms with E-state index in [2.05, 4.69) is 17.1 Å². The molecule has 1 aromatic heterocycles. The SMILES string of the molecule is Cc1ccc(-n2nccn2)c(C(=O)N2C[C@H](C(=O)Cc3ccccc3)CC[C@H]2C)c1. The Hall–Kier alpha value is -3.28. The Labute approximate surface area is 176 Å². The molecule has 0 aliphatic carbocycles. The van der Waals surface area contributed by atoms with E-state index in [9.17, 15) is 9.59 Å². The average Bonchev–Trinajstić information content (AvgIpc) is 3.29. The molecule has 2 atom stereocenters. The summed E-state index contributed by atoms with van der Waals surface area (Å²) in [6, 6.07) is 15.6. The van der Waals surface area contributed by atoms with Crippen molar-refractivity contribution in [2.24, 2.45) is 5.92 Å². The second kappa shape index (κ2) is 8.61. The maximum absolute atomic E-state index is 13.6. The van der Waals surface area contributed by atoms with E-state index in [0.717, 1.165) is 24.0 Å². The van der Waals surface area contributed by atoms with Crippen molar-refractivity contribution in [1.82, 2.24) is 19.9 Å². The van der Waals surface area contributed by atoms with E-state index < -0.39 is 0 Å². The molecule has 0 saturated carbocycles. The van der Waals surface area contributed by atoms with Crippen molar-refractivity contribution in [3.05, 3.63) is 77.6 Å². The molecule has 2 heterocycles. The van der Waals surface area contributed by atoms with Crippen LogP contribution in [0.4, 0.5) is 0 Å². The number of aromatic nitrogens is 3. The van der Waals surface area contributed by atoms with Gasteiger partial charge >= 0.3 is 0 Å². The first-order chi connectivity index (χ1) is 14.5. The van der Waals surface area contributed by atoms with Crippen molar-refractivity contribution in [2.75, 3.05) is 6.54 Å². The number of aryl methyl sites for hydroxylation is 1. The number of likely N-dealkylation sites (tertiary alicyclic amines) is 1. The zero-order chi connectivity index (χ0) is 21.1. The van der Waals surface area contributed by atoms with Crippen LogP contribution in [-0.4, -0.2) is 44.2 Å². The molecule has 30 heavy (non-hydrogen) atoms. The average molecular weight is 402 g/mol. The molecule has 6 heteroatoms. The van der Waals surface area contributed by atoms with Crippen molar-refractivity contribution < 1.29 is 9.59 Å². The molecule has 0 radical (unpaired) electrons. The highest BCUT2D eigenvalue weighted by molar-refractivity contribution is 5.98. The molecule has 1 saturated heterocycles. The molecule has 0 N–H and O–H groups in total. The van der Waals surface area contributed by atoms with Crippen LogP contribution in [0.2, 0.25) is 0 Å². The number of rotatable bonds is 5. The lowest BCUT2D eigenvalue weighted by molar-refractivity contribution is -0.123. The summed E-state index contributed by atoms with van der Waals surface area (Å²) in [6.45, 7) is 4.46. The molecule has 1 fully saturated rings. The Balaban J connectivity index is 1.56. The van der Waals surface area contributed by atoms with Crippen LogP contribution < -0.4 is 0 Å². The maximum atomic E-state index is 13.6. The fourth-order valence-electron chi connectivity index (χ4n) is 4.08. The van der Waals surface area contributed by atoms with Crippen LogP contribution in [0.1, 0.15) is 41.3 Å². The highest BCUT2D eigenvalue weighted by atomic mass is 16.2. The predicted molar refractivity (Wildman–Crippen MR) is 114 cm³/mol. The molecule has 1 aliphatic heterocycles. The van der Waals surface area contributed by atoms with Crippen molar-refractivity contribution >= 4 is 11.7 Å². The summed E-state index contributed by atoms with van der Waals surface area (Å²) in [5, 5.41) is 8.39. The molecule has 4 rings (SSSR count). The second-order valence-corrected chi connectivity index (χ2v) is 8.05. The lowest BCUT2D eigenvalue weighted by atomic mass is 9.87. The van der Waals surface area contributed by atoms with Crippen molar-refractivity contribution in [1.29, 1.82) is 0 Å². The molecule has 1 amide bonds. The van der Waals surface area contributed by atoms with Crippen LogP contribution in [-0.2, 0) is 11.2 Å². The second-order valence-electron chi connectivity index (χ2n) is 8.05. The highest BCUT2D eigenvalue weighted by Gasteiger charge is 2.34. The summed E-state index contributed by atoms with van der Waals surface area (Å²) in [5.41, 5.74) is 3.23. The number of carbonyl (C=O) groups is 2. The van der Waals surface area contributed by atoms with Crippen molar-refractivity contribution in [2.45, 2.75) is 39.2 Å². The van der Waals surface area contributed by atoms with Gasteiger partial charge in [0.25, 0.3) is 5.91 Å². The van der Waals surface area contributed by atoms with E-state index in [1.807, 2.05) is 60.4 Å². The first kappa shape index (κ1) is 20.0. The molecule has 3 aromatic rings. The van der Waals surface area contributed by atoms with Crippen LogP contribution in [0.15, 0.2) is 60.9 Å². The first-order valence-electron chi connectivity index (χ1n) is 10.4. The van der Waals surface area contributed by atoms with Gasteiger partial charge in [-0.2, -0.15) is 15.0 Å². The topological polar surface area (TPSA) is 68.1 Å². The Bertz CT molecular complexity index is 1030. The molecular weight excluding hydrogens is 376 g/mol. The number of Topliss-reactive ketones (excluding diaryl/α,β-unsaturated/α-hetero) is 1. The van der Waals surface area contributed by atoms with Gasteiger partial charge in [0.05, 0.1) is 23.6 Å². The van der Waals surface area contributed by atoms with Gasteiger partial charge in [-0.15, -0.1) is 0 Å². The minimum atomic E-state index is -0.138. The number of piperidine rings is 1. The third-order valence-electron chi connectivity index (χ3n) is 5.84. The number of carbonyl (C=O) groups excluding carboxylic acids is 2. The molecule has 1 aliphatic rings. The Morgan fingerprint density at radius 1 is 1.03 bits per heavy atom. The summed E-state index contributed by atoms with van der Waals surface area (Å²) in [7, 11) is 0. The summed E-state index contributed by atoms with van der Waals surface area (Å²) < 4.78 is 0. The number of hydrogen-bond acceptors (Lipinski definition) is 4. The number of nitrogens with zero attached hydrogens (tertiary/aromatic N) is 4. The van der Waals surface area contributed by atoms with Crippen LogP contribution in [0.25, 0.3) is 5.69 Å². The fourth-order valence-corrected chi connectivity index (χ4v) is 4.08. The molecule has 0 unspecified atom stereocenters. The minimum absolute atomic E-state index is 0.0734. The fraction of sp³-hybridized carbons (Fsp3) is 0.333. The van der Waals surface area contributed by atoms with Crippen molar-refractivity contribution in [3.8, 4) is 5.69 Å². The third kappa shape index (κ3) is 4.17. The van der Waals surface area contributed by atoms with E-state index in [0.29, 0.717) is 24.2 Å². The Kier molecular flexibility index (Phi) is 5.74. The molecular formula is C24H26N4O2. The first-order valence-corrected chi connectivity index (χ1v) is 10.4. The number of hydrogen-bond donors (Lipinski definition) is 0. The van der Waals surface area contributed by atoms with Gasteiger partial charge in [-0.25, -0.2) is 0 Å². The number of benzene rings is 2. The standard InChI is InChI=1S/C24H26N4O2/c1-17-8-11-22(28-25-12-13-26-28)21(14-17)24(30)27-16-20(10-9-18(27)2)23(29)15-19-6-4-3-5-7-19/h3-8,11-14,18,20H,9-10,15-16H2,1-2H3/t18-,20-/m1/s1. The molecule has 0 bridgehead atoms. The van der Waals surface area contributed by atoms with Crippen LogP contribution in [0, 0.1) is 12.8 Å². The summed E-state index contributed by atoms with van der Waals surface area (Å²) in [4.78, 5) is 29.8. The monoisotopic (exact) mass is 402 g/mol. The third-order valence-corrected chi connectivity index (χ3v) is 5.84. The van der Waals surface area contributed by atoms with E-state index in [4.69, 9.17) is 0 Å². The lowest BCUT2D eigenvalue weighted by Crippen LogP contribution is -2.47. The predicted octanol–water partition coefficient (Wildman–Crippen LogP) is 3.63. The van der Waals surface area contributed by atoms with Crippen LogP contribution >= 0.6 is 0 Å². The van der Waals surface area contributed by atoms with E-state index >= 15 is 0 Å². The Morgan fingerprint density at radius 3 is 2.50 bits per heavy atom. The van der Waals surface area contributed by atoms with E-state index in [1.54, 1.807) is 12.4 Å². The van der Waals surface area contributed by atoms with Gasteiger partial charge in [-0.1, -0.05) is 42.0 Å². The van der Waals surface area contributed by atoms with E-state index in [1.165, 1.54) is 4.80 Å². The minimum Gasteiger partial charge on any atom is -0.335 e. The lowest BCUT2D eigenvalue weighted by Gasteiger charge is -2.38. The van der Waals surface area contributed by atoms with Gasteiger partial charge in [-0.05, 0) is 44.4 Å². The number of amides is 1. The van der Waals surface area contributed by atoms with Gasteiger partial charge in [0.2, 0.25) is 0 Å². The summed E-state index contributed by atoms with van der Waals surface area (Å²) >= 11 is 0. The van der Waals surface area contributed by atoms with E-state index in [-0.39, 0.29) is 23.7 Å². The molecule has 2 aromatic carbocycles.